The maximum atomic E-state index is 4.28. The first-order valence-electron chi connectivity index (χ1n) is 6.09. The quantitative estimate of drug-likeness (QED) is 0.946. The molecular formula is C13H15BrN4. The van der Waals surface area contributed by atoms with Crippen molar-refractivity contribution in [2.75, 3.05) is 0 Å². The molecule has 0 radical (unpaired) electrons. The molecule has 2 aromatic rings. The van der Waals surface area contributed by atoms with E-state index >= 15 is 0 Å². The SMILES string of the molecule is Cn1cnc(CNC2CCc3c(Br)cccc32)n1. The van der Waals surface area contributed by atoms with Gasteiger partial charge in [0.05, 0.1) is 6.54 Å². The highest BCUT2D eigenvalue weighted by Gasteiger charge is 2.23. The molecule has 94 valence electrons. The second-order valence-corrected chi connectivity index (χ2v) is 5.47. The minimum Gasteiger partial charge on any atom is -0.303 e. The fraction of sp³-hybridized carbons (Fsp3) is 0.385. The zero-order valence-corrected chi connectivity index (χ0v) is 11.8. The molecule has 0 spiro atoms. The molecule has 1 aliphatic carbocycles. The van der Waals surface area contributed by atoms with E-state index in [2.05, 4.69) is 49.5 Å². The molecule has 0 fully saturated rings. The van der Waals surface area contributed by atoms with E-state index < -0.39 is 0 Å². The van der Waals surface area contributed by atoms with E-state index in [0.29, 0.717) is 6.04 Å². The lowest BCUT2D eigenvalue weighted by Crippen LogP contribution is -2.19. The predicted octanol–water partition coefficient (Wildman–Crippen LogP) is 2.35. The number of halogens is 1. The molecular weight excluding hydrogens is 292 g/mol. The van der Waals surface area contributed by atoms with Crippen molar-refractivity contribution >= 4 is 15.9 Å². The molecule has 1 aliphatic rings. The second kappa shape index (κ2) is 4.82. The minimum atomic E-state index is 0.418. The summed E-state index contributed by atoms with van der Waals surface area (Å²) in [4.78, 5) is 4.23. The highest BCUT2D eigenvalue weighted by Crippen LogP contribution is 2.35. The number of benzene rings is 1. The highest BCUT2D eigenvalue weighted by atomic mass is 79.9. The van der Waals surface area contributed by atoms with E-state index in [0.717, 1.165) is 25.2 Å². The van der Waals surface area contributed by atoms with Gasteiger partial charge in [-0.15, -0.1) is 0 Å². The first-order valence-corrected chi connectivity index (χ1v) is 6.88. The van der Waals surface area contributed by atoms with E-state index in [1.54, 1.807) is 11.0 Å². The van der Waals surface area contributed by atoms with Gasteiger partial charge in [0, 0.05) is 17.6 Å². The molecule has 0 amide bonds. The molecule has 1 heterocycles. The Kier molecular flexibility index (Phi) is 3.18. The van der Waals surface area contributed by atoms with Gasteiger partial charge >= 0.3 is 0 Å². The van der Waals surface area contributed by atoms with Crippen LogP contribution in [0.5, 0.6) is 0 Å². The lowest BCUT2D eigenvalue weighted by molar-refractivity contribution is 0.517. The van der Waals surface area contributed by atoms with Crippen molar-refractivity contribution in [3.8, 4) is 0 Å². The van der Waals surface area contributed by atoms with Crippen molar-refractivity contribution in [1.29, 1.82) is 0 Å². The Morgan fingerprint density at radius 2 is 2.39 bits per heavy atom. The Morgan fingerprint density at radius 3 is 3.17 bits per heavy atom. The molecule has 1 unspecified atom stereocenters. The van der Waals surface area contributed by atoms with Crippen LogP contribution >= 0.6 is 15.9 Å². The first kappa shape index (κ1) is 11.9. The summed E-state index contributed by atoms with van der Waals surface area (Å²) in [5.74, 6) is 0.848. The number of hydrogen-bond donors (Lipinski definition) is 1. The largest absolute Gasteiger partial charge is 0.303 e. The molecule has 4 nitrogen and oxygen atoms in total. The standard InChI is InChI=1S/C13H15BrN4/c1-18-8-16-13(17-18)7-15-12-6-5-9-10(12)3-2-4-11(9)14/h2-4,8,12,15H,5-7H2,1H3. The molecule has 3 rings (SSSR count). The van der Waals surface area contributed by atoms with Crippen LogP contribution in [0.1, 0.15) is 29.4 Å². The van der Waals surface area contributed by atoms with Crippen molar-refractivity contribution in [3.63, 3.8) is 0 Å². The topological polar surface area (TPSA) is 42.7 Å². The van der Waals surface area contributed by atoms with Crippen molar-refractivity contribution < 1.29 is 0 Å². The molecule has 0 saturated heterocycles. The van der Waals surface area contributed by atoms with Gasteiger partial charge < -0.3 is 5.32 Å². The van der Waals surface area contributed by atoms with Gasteiger partial charge in [-0.25, -0.2) is 4.98 Å². The number of nitrogens with zero attached hydrogens (tertiary/aromatic N) is 3. The number of rotatable bonds is 3. The predicted molar refractivity (Wildman–Crippen MR) is 73.0 cm³/mol. The molecule has 1 aromatic heterocycles. The van der Waals surface area contributed by atoms with Gasteiger partial charge in [0.1, 0.15) is 6.33 Å². The normalized spacial score (nSPS) is 18.0. The second-order valence-electron chi connectivity index (χ2n) is 4.61. The Balaban J connectivity index is 1.71. The van der Waals surface area contributed by atoms with Gasteiger partial charge in [0.15, 0.2) is 5.82 Å². The summed E-state index contributed by atoms with van der Waals surface area (Å²) in [7, 11) is 1.89. The van der Waals surface area contributed by atoms with Crippen LogP contribution < -0.4 is 5.32 Å². The molecule has 1 N–H and O–H groups in total. The van der Waals surface area contributed by atoms with E-state index in [1.807, 2.05) is 7.05 Å². The van der Waals surface area contributed by atoms with Crippen LogP contribution in [-0.2, 0) is 20.0 Å². The smallest absolute Gasteiger partial charge is 0.164 e. The fourth-order valence-corrected chi connectivity index (χ4v) is 3.08. The zero-order chi connectivity index (χ0) is 12.5. The van der Waals surface area contributed by atoms with Crippen molar-refractivity contribution in [3.05, 3.63) is 46.0 Å². The van der Waals surface area contributed by atoms with E-state index in [-0.39, 0.29) is 0 Å². The molecule has 5 heteroatoms. The third-order valence-corrected chi connectivity index (χ3v) is 4.11. The Hall–Kier alpha value is -1.20. The maximum absolute atomic E-state index is 4.28. The van der Waals surface area contributed by atoms with Crippen LogP contribution in [0.4, 0.5) is 0 Å². The van der Waals surface area contributed by atoms with E-state index in [9.17, 15) is 0 Å². The monoisotopic (exact) mass is 306 g/mol. The van der Waals surface area contributed by atoms with Crippen LogP contribution in [0.15, 0.2) is 29.0 Å². The summed E-state index contributed by atoms with van der Waals surface area (Å²) < 4.78 is 2.95. The summed E-state index contributed by atoms with van der Waals surface area (Å²) in [6.07, 6.45) is 4.01. The third kappa shape index (κ3) is 2.20. The number of fused-ring (bicyclic) bond motifs is 1. The minimum absolute atomic E-state index is 0.418. The van der Waals surface area contributed by atoms with Gasteiger partial charge in [-0.1, -0.05) is 28.1 Å². The van der Waals surface area contributed by atoms with Gasteiger partial charge in [0.25, 0.3) is 0 Å². The molecule has 18 heavy (non-hydrogen) atoms. The fourth-order valence-electron chi connectivity index (χ4n) is 2.50. The van der Waals surface area contributed by atoms with E-state index in [1.165, 1.54) is 15.6 Å². The Labute approximate surface area is 115 Å². The summed E-state index contributed by atoms with van der Waals surface area (Å²) in [6.45, 7) is 0.720. The summed E-state index contributed by atoms with van der Waals surface area (Å²) in [5.41, 5.74) is 2.84. The number of aryl methyl sites for hydroxylation is 1. The summed E-state index contributed by atoms with van der Waals surface area (Å²) in [6, 6.07) is 6.83. The lowest BCUT2D eigenvalue weighted by Gasteiger charge is -2.12. The van der Waals surface area contributed by atoms with Gasteiger partial charge in [0.2, 0.25) is 0 Å². The van der Waals surface area contributed by atoms with Crippen LogP contribution in [0.3, 0.4) is 0 Å². The third-order valence-electron chi connectivity index (χ3n) is 3.37. The van der Waals surface area contributed by atoms with Crippen LogP contribution in [-0.4, -0.2) is 14.8 Å². The van der Waals surface area contributed by atoms with Gasteiger partial charge in [-0.3, -0.25) is 4.68 Å². The van der Waals surface area contributed by atoms with Crippen molar-refractivity contribution in [2.45, 2.75) is 25.4 Å². The van der Waals surface area contributed by atoms with E-state index in [4.69, 9.17) is 0 Å². The zero-order valence-electron chi connectivity index (χ0n) is 10.2. The number of nitrogens with one attached hydrogen (secondary N) is 1. The molecule has 1 aromatic carbocycles. The number of aromatic nitrogens is 3. The van der Waals surface area contributed by atoms with Gasteiger partial charge in [-0.05, 0) is 30.0 Å². The average molecular weight is 307 g/mol. The van der Waals surface area contributed by atoms with Crippen LogP contribution in [0, 0.1) is 0 Å². The molecule has 0 aliphatic heterocycles. The highest BCUT2D eigenvalue weighted by molar-refractivity contribution is 9.10. The summed E-state index contributed by atoms with van der Waals surface area (Å²) in [5, 5.41) is 7.81. The molecule has 0 saturated carbocycles. The first-order chi connectivity index (χ1) is 8.74. The van der Waals surface area contributed by atoms with Crippen LogP contribution in [0.2, 0.25) is 0 Å². The Bertz CT molecular complexity index is 564. The average Bonchev–Trinajstić information content (AvgIpc) is 2.94. The Morgan fingerprint density at radius 1 is 1.50 bits per heavy atom. The lowest BCUT2D eigenvalue weighted by atomic mass is 10.1. The van der Waals surface area contributed by atoms with Gasteiger partial charge in [-0.2, -0.15) is 5.10 Å². The number of hydrogen-bond acceptors (Lipinski definition) is 3. The molecule has 0 bridgehead atoms. The van der Waals surface area contributed by atoms with Crippen molar-refractivity contribution in [2.24, 2.45) is 7.05 Å². The van der Waals surface area contributed by atoms with Crippen LogP contribution in [0.25, 0.3) is 0 Å². The van der Waals surface area contributed by atoms with Crippen molar-refractivity contribution in [1.82, 2.24) is 20.1 Å². The molecule has 1 atom stereocenters. The maximum Gasteiger partial charge on any atom is 0.164 e. The summed E-state index contributed by atoms with van der Waals surface area (Å²) >= 11 is 3.62.